The molecule has 1 saturated heterocycles. The molecule has 212 valence electrons. The summed E-state index contributed by atoms with van der Waals surface area (Å²) in [5.74, 6) is 0.569. The van der Waals surface area contributed by atoms with Crippen molar-refractivity contribution in [3.8, 4) is 22.7 Å². The maximum absolute atomic E-state index is 13.4. The number of thiocarbonyl (C=S) groups is 1. The zero-order valence-corrected chi connectivity index (χ0v) is 25.8. The Hall–Kier alpha value is -2.61. The Morgan fingerprint density at radius 1 is 0.975 bits per heavy atom. The average Bonchev–Trinajstić information content (AvgIpc) is 3.50. The highest BCUT2D eigenvalue weighted by Gasteiger charge is 2.32. The van der Waals surface area contributed by atoms with Crippen molar-refractivity contribution in [3.05, 3.63) is 70.2 Å². The highest BCUT2D eigenvalue weighted by molar-refractivity contribution is 8.26. The van der Waals surface area contributed by atoms with Gasteiger partial charge in [-0.15, -0.1) is 0 Å². The summed E-state index contributed by atoms with van der Waals surface area (Å²) in [5.41, 5.74) is 3.32. The van der Waals surface area contributed by atoms with Gasteiger partial charge in [0.1, 0.15) is 15.8 Å². The Kier molecular flexibility index (Phi) is 11.7. The van der Waals surface area contributed by atoms with E-state index in [0.29, 0.717) is 26.5 Å². The van der Waals surface area contributed by atoms with Gasteiger partial charge in [0.2, 0.25) is 0 Å². The second-order valence-electron chi connectivity index (χ2n) is 10.1. The molecule has 1 amide bonds. The Bertz CT molecular complexity index is 1320. The molecule has 0 aliphatic carbocycles. The molecule has 0 N–H and O–H groups in total. The SMILES string of the molecule is CCCCCCCCCCCCN1C(=O)/C(=C/c2cn(-c3ccccc3)nc2-c2ccc(OC)c(Cl)c2)SC1=S. The van der Waals surface area contributed by atoms with E-state index in [0.717, 1.165) is 35.3 Å². The first-order chi connectivity index (χ1) is 19.5. The molecular formula is C32H38ClN3O2S2. The predicted octanol–water partition coefficient (Wildman–Crippen LogP) is 9.32. The van der Waals surface area contributed by atoms with Crippen LogP contribution in [-0.2, 0) is 4.79 Å². The van der Waals surface area contributed by atoms with Crippen molar-refractivity contribution in [2.75, 3.05) is 13.7 Å². The van der Waals surface area contributed by atoms with Crippen LogP contribution in [0.5, 0.6) is 5.75 Å². The maximum atomic E-state index is 13.4. The fourth-order valence-electron chi connectivity index (χ4n) is 4.84. The van der Waals surface area contributed by atoms with E-state index >= 15 is 0 Å². The molecule has 1 fully saturated rings. The molecule has 0 spiro atoms. The smallest absolute Gasteiger partial charge is 0.266 e. The van der Waals surface area contributed by atoms with Crippen LogP contribution in [0.3, 0.4) is 0 Å². The van der Waals surface area contributed by atoms with Crippen molar-refractivity contribution >= 4 is 51.9 Å². The number of amides is 1. The lowest BCUT2D eigenvalue weighted by molar-refractivity contribution is -0.122. The third-order valence-corrected chi connectivity index (χ3v) is 8.76. The third-order valence-electron chi connectivity index (χ3n) is 7.08. The molecule has 40 heavy (non-hydrogen) atoms. The molecule has 5 nitrogen and oxygen atoms in total. The number of nitrogens with zero attached hydrogens (tertiary/aromatic N) is 3. The van der Waals surface area contributed by atoms with Gasteiger partial charge in [0.05, 0.1) is 22.7 Å². The summed E-state index contributed by atoms with van der Waals surface area (Å²) in [6, 6.07) is 15.5. The van der Waals surface area contributed by atoms with Crippen LogP contribution in [0.1, 0.15) is 76.7 Å². The van der Waals surface area contributed by atoms with Gasteiger partial charge >= 0.3 is 0 Å². The number of carbonyl (C=O) groups is 1. The molecule has 2 heterocycles. The molecule has 0 radical (unpaired) electrons. The second-order valence-corrected chi connectivity index (χ2v) is 12.2. The van der Waals surface area contributed by atoms with Crippen molar-refractivity contribution in [2.45, 2.75) is 71.1 Å². The normalized spacial score (nSPS) is 14.5. The fraction of sp³-hybridized carbons (Fsp3) is 0.406. The molecule has 3 aromatic rings. The van der Waals surface area contributed by atoms with Crippen LogP contribution in [0.4, 0.5) is 0 Å². The van der Waals surface area contributed by atoms with Crippen LogP contribution in [0.25, 0.3) is 23.0 Å². The lowest BCUT2D eigenvalue weighted by atomic mass is 10.1. The van der Waals surface area contributed by atoms with E-state index in [1.165, 1.54) is 63.1 Å². The number of aromatic nitrogens is 2. The first-order valence-electron chi connectivity index (χ1n) is 14.3. The molecule has 4 rings (SSSR count). The Morgan fingerprint density at radius 2 is 1.65 bits per heavy atom. The van der Waals surface area contributed by atoms with E-state index in [4.69, 9.17) is 33.7 Å². The van der Waals surface area contributed by atoms with Crippen molar-refractivity contribution in [1.29, 1.82) is 0 Å². The van der Waals surface area contributed by atoms with Crippen LogP contribution in [0, 0.1) is 0 Å². The molecule has 0 atom stereocenters. The van der Waals surface area contributed by atoms with Crippen LogP contribution in [0.15, 0.2) is 59.6 Å². The largest absolute Gasteiger partial charge is 0.495 e. The topological polar surface area (TPSA) is 47.4 Å². The zero-order chi connectivity index (χ0) is 28.3. The predicted molar refractivity (Wildman–Crippen MR) is 172 cm³/mol. The quantitative estimate of drug-likeness (QED) is 0.0995. The average molecular weight is 596 g/mol. The van der Waals surface area contributed by atoms with Crippen LogP contribution < -0.4 is 4.74 Å². The summed E-state index contributed by atoms with van der Waals surface area (Å²) >= 11 is 13.4. The number of unbranched alkanes of at least 4 members (excludes halogenated alkanes) is 9. The minimum absolute atomic E-state index is 0.0305. The summed E-state index contributed by atoms with van der Waals surface area (Å²) in [5, 5.41) is 5.37. The van der Waals surface area contributed by atoms with E-state index in [1.807, 2.05) is 65.5 Å². The maximum Gasteiger partial charge on any atom is 0.266 e. The molecule has 8 heteroatoms. The summed E-state index contributed by atoms with van der Waals surface area (Å²) in [4.78, 5) is 15.7. The number of para-hydroxylation sites is 1. The standard InChI is InChI=1S/C32H38ClN3O2S2/c1-3-4-5-6-7-8-9-10-11-15-20-35-31(37)29(40-32(35)39)22-25-23-36(26-16-13-12-14-17-26)34-30(25)24-18-19-28(38-2)27(33)21-24/h12-14,16-19,21-23H,3-11,15,20H2,1-2H3/b29-22-. The fourth-order valence-corrected chi connectivity index (χ4v) is 6.39. The summed E-state index contributed by atoms with van der Waals surface area (Å²) in [6.45, 7) is 2.92. The van der Waals surface area contributed by atoms with Crippen molar-refractivity contribution < 1.29 is 9.53 Å². The lowest BCUT2D eigenvalue weighted by Gasteiger charge is -2.14. The second kappa shape index (κ2) is 15.4. The monoisotopic (exact) mass is 595 g/mol. The number of methoxy groups -OCH3 is 1. The van der Waals surface area contributed by atoms with Gasteiger partial charge in [-0.2, -0.15) is 5.10 Å². The minimum Gasteiger partial charge on any atom is -0.495 e. The summed E-state index contributed by atoms with van der Waals surface area (Å²) in [6.07, 6.45) is 16.4. The first kappa shape index (κ1) is 30.4. The molecular weight excluding hydrogens is 558 g/mol. The molecule has 1 aromatic heterocycles. The van der Waals surface area contributed by atoms with Gasteiger partial charge in [0.25, 0.3) is 5.91 Å². The number of hydrogen-bond donors (Lipinski definition) is 0. The number of benzene rings is 2. The van der Waals surface area contributed by atoms with Crippen molar-refractivity contribution in [2.24, 2.45) is 0 Å². The highest BCUT2D eigenvalue weighted by Crippen LogP contribution is 2.36. The molecule has 0 saturated carbocycles. The number of halogens is 1. The highest BCUT2D eigenvalue weighted by atomic mass is 35.5. The van der Waals surface area contributed by atoms with E-state index in [-0.39, 0.29) is 5.91 Å². The van der Waals surface area contributed by atoms with Crippen LogP contribution in [0.2, 0.25) is 5.02 Å². The van der Waals surface area contributed by atoms with Gasteiger partial charge in [-0.25, -0.2) is 4.68 Å². The number of thioether (sulfide) groups is 1. The molecule has 1 aliphatic heterocycles. The third kappa shape index (κ3) is 7.99. The molecule has 0 unspecified atom stereocenters. The summed E-state index contributed by atoms with van der Waals surface area (Å²) < 4.78 is 7.77. The Labute approximate surface area is 252 Å². The van der Waals surface area contributed by atoms with Gasteiger partial charge in [-0.1, -0.05) is 118 Å². The number of ether oxygens (including phenoxy) is 1. The van der Waals surface area contributed by atoms with Gasteiger partial charge in [-0.3, -0.25) is 9.69 Å². The molecule has 1 aliphatic rings. The first-order valence-corrected chi connectivity index (χ1v) is 15.9. The minimum atomic E-state index is -0.0305. The van der Waals surface area contributed by atoms with E-state index < -0.39 is 0 Å². The summed E-state index contributed by atoms with van der Waals surface area (Å²) in [7, 11) is 1.59. The van der Waals surface area contributed by atoms with Crippen molar-refractivity contribution in [3.63, 3.8) is 0 Å². The number of hydrogen-bond acceptors (Lipinski definition) is 5. The van der Waals surface area contributed by atoms with E-state index in [2.05, 4.69) is 6.92 Å². The lowest BCUT2D eigenvalue weighted by Crippen LogP contribution is -2.29. The van der Waals surface area contributed by atoms with Crippen LogP contribution >= 0.6 is 35.6 Å². The van der Waals surface area contributed by atoms with Gasteiger partial charge in [0.15, 0.2) is 0 Å². The van der Waals surface area contributed by atoms with E-state index in [9.17, 15) is 4.79 Å². The zero-order valence-electron chi connectivity index (χ0n) is 23.4. The molecule has 2 aromatic carbocycles. The molecule has 0 bridgehead atoms. The Balaban J connectivity index is 1.44. The van der Waals surface area contributed by atoms with Gasteiger partial charge in [-0.05, 0) is 42.8 Å². The number of rotatable bonds is 15. The van der Waals surface area contributed by atoms with Gasteiger partial charge in [0, 0.05) is 23.9 Å². The van der Waals surface area contributed by atoms with Crippen LogP contribution in [-0.4, -0.2) is 38.6 Å². The Morgan fingerprint density at radius 3 is 2.30 bits per heavy atom. The van der Waals surface area contributed by atoms with Crippen molar-refractivity contribution in [1.82, 2.24) is 14.7 Å². The number of carbonyl (C=O) groups excluding carboxylic acids is 1. The van der Waals surface area contributed by atoms with Gasteiger partial charge < -0.3 is 4.74 Å². The van der Waals surface area contributed by atoms with E-state index in [1.54, 1.807) is 12.0 Å².